The Bertz CT molecular complexity index is 1360. The van der Waals surface area contributed by atoms with Crippen molar-refractivity contribution in [1.29, 1.82) is 0 Å². The molecule has 3 amide bonds. The van der Waals surface area contributed by atoms with Gasteiger partial charge in [0.15, 0.2) is 0 Å². The Morgan fingerprint density at radius 2 is 1.64 bits per heavy atom. The Balaban J connectivity index is 1.52. The van der Waals surface area contributed by atoms with Gasteiger partial charge in [0.25, 0.3) is 0 Å². The smallest absolute Gasteiger partial charge is 0.410 e. The Morgan fingerprint density at radius 1 is 1.00 bits per heavy atom. The number of aliphatic carboxylic acids is 1. The predicted molar refractivity (Wildman–Crippen MR) is 162 cm³/mol. The average molecular weight is 606 g/mol. The van der Waals surface area contributed by atoms with Gasteiger partial charge in [-0.1, -0.05) is 74.0 Å². The molecule has 1 aliphatic heterocycles. The Morgan fingerprint density at radius 3 is 2.25 bits per heavy atom. The topological polar surface area (TPSA) is 134 Å². The van der Waals surface area contributed by atoms with Crippen molar-refractivity contribution >= 4 is 29.8 Å². The quantitative estimate of drug-likeness (QED) is 0.303. The van der Waals surface area contributed by atoms with Gasteiger partial charge in [0.2, 0.25) is 11.8 Å². The normalized spacial score (nSPS) is 16.9. The maximum Gasteiger partial charge on any atom is 0.410 e. The molecule has 0 radical (unpaired) electrons. The molecule has 2 aromatic rings. The van der Waals surface area contributed by atoms with Crippen LogP contribution in [0.2, 0.25) is 0 Å². The number of ether oxygens (including phenoxy) is 2. The Hall–Kier alpha value is -4.67. The molecule has 1 fully saturated rings. The van der Waals surface area contributed by atoms with E-state index >= 15 is 0 Å². The van der Waals surface area contributed by atoms with Gasteiger partial charge in [-0.25, -0.2) is 4.79 Å². The van der Waals surface area contributed by atoms with Gasteiger partial charge in [-0.05, 0) is 35.1 Å². The maximum atomic E-state index is 14.0. The number of fused-ring (bicyclic) bond motifs is 3. The standard InChI is InChI=1S/C33H39N3O8/c1-4-18-43-30(39)19-28(31(40)34(2)20-29(37)38)36-17-11-5-6-16-27(32(36)41)35(3)33(42)44-21-26-24-14-9-7-12-22(24)23-13-8-10-15-25(23)26/h4,7-10,12-15,26-28H,1,5-6,11,16-21H2,2-3H3,(H,37,38)/t27-,28?/m0/s1. The minimum Gasteiger partial charge on any atom is -0.480 e. The van der Waals surface area contributed by atoms with Gasteiger partial charge < -0.3 is 24.4 Å². The van der Waals surface area contributed by atoms with E-state index in [9.17, 15) is 29.1 Å². The van der Waals surface area contributed by atoms with Crippen LogP contribution in [-0.4, -0.2) is 102 Å². The summed E-state index contributed by atoms with van der Waals surface area (Å²) < 4.78 is 10.9. The number of carbonyl (C=O) groups is 5. The maximum absolute atomic E-state index is 14.0. The molecule has 0 aromatic heterocycles. The molecule has 1 unspecified atom stereocenters. The summed E-state index contributed by atoms with van der Waals surface area (Å²) in [7, 11) is 2.79. The summed E-state index contributed by atoms with van der Waals surface area (Å²) >= 11 is 0. The molecule has 2 aromatic carbocycles. The molecule has 4 rings (SSSR count). The number of carbonyl (C=O) groups excluding carboxylic acids is 4. The van der Waals surface area contributed by atoms with Crippen molar-refractivity contribution in [3.8, 4) is 11.1 Å². The molecular weight excluding hydrogens is 566 g/mol. The first-order valence-electron chi connectivity index (χ1n) is 14.8. The van der Waals surface area contributed by atoms with Gasteiger partial charge in [-0.3, -0.25) is 24.1 Å². The third-order valence-electron chi connectivity index (χ3n) is 8.17. The Labute approximate surface area is 257 Å². The van der Waals surface area contributed by atoms with Crippen molar-refractivity contribution in [1.82, 2.24) is 14.7 Å². The van der Waals surface area contributed by atoms with Crippen molar-refractivity contribution in [2.75, 3.05) is 40.4 Å². The number of amides is 3. The van der Waals surface area contributed by atoms with E-state index in [1.165, 1.54) is 30.0 Å². The van der Waals surface area contributed by atoms with Gasteiger partial charge in [0, 0.05) is 26.6 Å². The van der Waals surface area contributed by atoms with Crippen molar-refractivity contribution in [3.63, 3.8) is 0 Å². The highest BCUT2D eigenvalue weighted by Crippen LogP contribution is 2.44. The summed E-state index contributed by atoms with van der Waals surface area (Å²) in [5.41, 5.74) is 4.32. The lowest BCUT2D eigenvalue weighted by Gasteiger charge is -2.38. The second-order valence-electron chi connectivity index (χ2n) is 11.1. The van der Waals surface area contributed by atoms with E-state index in [-0.39, 0.29) is 25.7 Å². The lowest BCUT2D eigenvalue weighted by molar-refractivity contribution is -0.155. The minimum atomic E-state index is -1.30. The zero-order chi connectivity index (χ0) is 31.8. The molecule has 2 aliphatic rings. The van der Waals surface area contributed by atoms with Crippen LogP contribution in [0, 0.1) is 0 Å². The molecule has 1 saturated heterocycles. The van der Waals surface area contributed by atoms with E-state index in [1.54, 1.807) is 0 Å². The number of likely N-dealkylation sites (N-methyl/N-ethyl adjacent to an activating group) is 2. The number of esters is 1. The van der Waals surface area contributed by atoms with Gasteiger partial charge >= 0.3 is 18.0 Å². The number of hydrogen-bond donors (Lipinski definition) is 1. The van der Waals surface area contributed by atoms with E-state index in [0.717, 1.165) is 33.6 Å². The zero-order valence-electron chi connectivity index (χ0n) is 25.1. The summed E-state index contributed by atoms with van der Waals surface area (Å²) in [6, 6.07) is 13.7. The average Bonchev–Trinajstić information content (AvgIpc) is 3.32. The first kappa shape index (κ1) is 32.2. The molecule has 0 spiro atoms. The van der Waals surface area contributed by atoms with Gasteiger partial charge in [-0.2, -0.15) is 0 Å². The second-order valence-corrected chi connectivity index (χ2v) is 11.1. The number of likely N-dealkylation sites (tertiary alicyclic amines) is 1. The van der Waals surface area contributed by atoms with Gasteiger partial charge in [0.05, 0.1) is 6.42 Å². The lowest BCUT2D eigenvalue weighted by Crippen LogP contribution is -2.58. The summed E-state index contributed by atoms with van der Waals surface area (Å²) in [5.74, 6) is -3.35. The van der Waals surface area contributed by atoms with Crippen LogP contribution in [-0.2, 0) is 28.7 Å². The minimum absolute atomic E-state index is 0.0776. The highest BCUT2D eigenvalue weighted by molar-refractivity contribution is 5.94. The number of carboxylic acid groups (broad SMARTS) is 1. The second kappa shape index (κ2) is 14.7. The SMILES string of the molecule is C=CCOC(=O)CC(C(=O)N(C)CC(=O)O)N1CCCCC[C@H](N(C)C(=O)OCC2c3ccccc3-c3ccccc32)C1=O. The largest absolute Gasteiger partial charge is 0.480 e. The fourth-order valence-corrected chi connectivity index (χ4v) is 5.95. The molecule has 1 aliphatic carbocycles. The molecule has 0 bridgehead atoms. The highest BCUT2D eigenvalue weighted by atomic mass is 16.6. The molecule has 11 nitrogen and oxygen atoms in total. The van der Waals surface area contributed by atoms with Crippen LogP contribution in [0.3, 0.4) is 0 Å². The van der Waals surface area contributed by atoms with E-state index < -0.39 is 54.9 Å². The van der Waals surface area contributed by atoms with Gasteiger partial charge in [-0.15, -0.1) is 0 Å². The van der Waals surface area contributed by atoms with Crippen LogP contribution in [0.25, 0.3) is 11.1 Å². The molecule has 1 heterocycles. The summed E-state index contributed by atoms with van der Waals surface area (Å²) in [6.07, 6.45) is 2.54. The van der Waals surface area contributed by atoms with Gasteiger partial charge in [0.1, 0.15) is 31.8 Å². The van der Waals surface area contributed by atoms with Crippen LogP contribution < -0.4 is 0 Å². The third-order valence-corrected chi connectivity index (χ3v) is 8.17. The summed E-state index contributed by atoms with van der Waals surface area (Å²) in [6.45, 7) is 3.06. The number of nitrogens with zero attached hydrogens (tertiary/aromatic N) is 3. The van der Waals surface area contributed by atoms with E-state index in [4.69, 9.17) is 9.47 Å². The molecule has 0 saturated carbocycles. The van der Waals surface area contributed by atoms with Crippen LogP contribution >= 0.6 is 0 Å². The van der Waals surface area contributed by atoms with Crippen LogP contribution in [0.5, 0.6) is 0 Å². The van der Waals surface area contributed by atoms with Crippen molar-refractivity contribution < 1.29 is 38.6 Å². The van der Waals surface area contributed by atoms with Crippen LogP contribution in [0.1, 0.15) is 49.1 Å². The zero-order valence-corrected chi connectivity index (χ0v) is 25.1. The van der Waals surface area contributed by atoms with Crippen LogP contribution in [0.15, 0.2) is 61.2 Å². The van der Waals surface area contributed by atoms with E-state index in [1.807, 2.05) is 48.5 Å². The van der Waals surface area contributed by atoms with E-state index in [0.29, 0.717) is 19.3 Å². The lowest BCUT2D eigenvalue weighted by atomic mass is 9.98. The number of rotatable bonds is 11. The van der Waals surface area contributed by atoms with Crippen molar-refractivity contribution in [2.45, 2.75) is 50.1 Å². The van der Waals surface area contributed by atoms with Crippen LogP contribution in [0.4, 0.5) is 4.79 Å². The summed E-state index contributed by atoms with van der Waals surface area (Å²) in [5, 5.41) is 9.24. The molecule has 234 valence electrons. The fraction of sp³-hybridized carbons (Fsp3) is 0.424. The molecule has 2 atom stereocenters. The van der Waals surface area contributed by atoms with E-state index in [2.05, 4.69) is 6.58 Å². The first-order valence-corrected chi connectivity index (χ1v) is 14.8. The molecule has 1 N–H and O–H groups in total. The number of hydrogen-bond acceptors (Lipinski definition) is 7. The Kier molecular flexibility index (Phi) is 10.8. The molecule has 44 heavy (non-hydrogen) atoms. The summed E-state index contributed by atoms with van der Waals surface area (Å²) in [4.78, 5) is 68.3. The highest BCUT2D eigenvalue weighted by Gasteiger charge is 2.40. The monoisotopic (exact) mass is 605 g/mol. The molecule has 11 heteroatoms. The first-order chi connectivity index (χ1) is 21.1. The van der Waals surface area contributed by atoms with Crippen molar-refractivity contribution in [2.24, 2.45) is 0 Å². The number of carboxylic acids is 1. The molecular formula is C33H39N3O8. The predicted octanol–water partition coefficient (Wildman–Crippen LogP) is 3.67. The fourth-order valence-electron chi connectivity index (χ4n) is 5.95. The third kappa shape index (κ3) is 7.27. The number of benzene rings is 2. The van der Waals surface area contributed by atoms with Crippen molar-refractivity contribution in [3.05, 3.63) is 72.3 Å².